The largest absolute Gasteiger partial charge is 0.484 e. The lowest BCUT2D eigenvalue weighted by atomic mass is 10.2. The van der Waals surface area contributed by atoms with E-state index in [1.54, 1.807) is 22.9 Å². The molecule has 3 N–H and O–H groups in total. The van der Waals surface area contributed by atoms with Crippen molar-refractivity contribution in [2.75, 3.05) is 18.5 Å². The molecule has 1 fully saturated rings. The number of benzene rings is 1. The molecule has 4 aromatic rings. The number of nitrogens with zero attached hydrogens (tertiary/aromatic N) is 5. The average Bonchev–Trinajstić information content (AvgIpc) is 3.54. The lowest BCUT2D eigenvalue weighted by Gasteiger charge is -2.17. The molecule has 5 rings (SSSR count). The highest BCUT2D eigenvalue weighted by Gasteiger charge is 2.37. The quantitative estimate of drug-likeness (QED) is 0.360. The number of carbonyl (C=O) groups excluding carboxylic acids is 1. The van der Waals surface area contributed by atoms with Gasteiger partial charge in [0.15, 0.2) is 12.3 Å². The van der Waals surface area contributed by atoms with Gasteiger partial charge in [0.25, 0.3) is 5.91 Å². The van der Waals surface area contributed by atoms with E-state index in [9.17, 15) is 15.0 Å². The smallest absolute Gasteiger partial charge is 0.264 e. The zero-order chi connectivity index (χ0) is 23.7. The SMILES string of the molecule is Cc1cnc(-c2ncnc3c2nc(NC(=O)COc2ccccc2)n3[C@H]2C[C@H](O)[C@@H](CO)O2)s1. The highest BCUT2D eigenvalue weighted by atomic mass is 32.1. The number of para-hydroxylation sites is 1. The number of fused-ring (bicyclic) bond motifs is 1. The summed E-state index contributed by atoms with van der Waals surface area (Å²) < 4.78 is 13.0. The van der Waals surface area contributed by atoms with Crippen LogP contribution in [0.1, 0.15) is 17.5 Å². The number of ether oxygens (including phenoxy) is 2. The molecule has 0 saturated carbocycles. The maximum absolute atomic E-state index is 12.7. The lowest BCUT2D eigenvalue weighted by molar-refractivity contribution is -0.118. The molecule has 0 spiro atoms. The van der Waals surface area contributed by atoms with Crippen molar-refractivity contribution in [2.45, 2.75) is 31.8 Å². The Hall–Kier alpha value is -3.45. The fraction of sp³-hybridized carbons (Fsp3) is 0.318. The number of aliphatic hydroxyl groups excluding tert-OH is 2. The van der Waals surface area contributed by atoms with Gasteiger partial charge in [-0.3, -0.25) is 14.7 Å². The zero-order valence-electron chi connectivity index (χ0n) is 18.2. The summed E-state index contributed by atoms with van der Waals surface area (Å²) in [6, 6.07) is 8.99. The molecule has 176 valence electrons. The molecule has 1 aliphatic heterocycles. The lowest BCUT2D eigenvalue weighted by Crippen LogP contribution is -2.25. The van der Waals surface area contributed by atoms with Crippen LogP contribution in [0.25, 0.3) is 21.9 Å². The number of aromatic nitrogens is 5. The van der Waals surface area contributed by atoms with Crippen LogP contribution in [0.4, 0.5) is 5.95 Å². The van der Waals surface area contributed by atoms with E-state index in [0.29, 0.717) is 27.6 Å². The Morgan fingerprint density at radius 2 is 2.12 bits per heavy atom. The number of aryl methyl sites for hydroxylation is 1. The van der Waals surface area contributed by atoms with E-state index >= 15 is 0 Å². The first kappa shape index (κ1) is 22.3. The second-order valence-corrected chi connectivity index (χ2v) is 8.98. The highest BCUT2D eigenvalue weighted by molar-refractivity contribution is 7.15. The monoisotopic (exact) mass is 482 g/mol. The first-order valence-corrected chi connectivity index (χ1v) is 11.4. The standard InChI is InChI=1S/C22H22N6O5S/c1-12-8-23-21(34-12)19-18-20(25-11-24-19)28(17-7-14(30)15(9-29)33-17)22(27-18)26-16(31)10-32-13-5-3-2-4-6-13/h2-6,8,11,14-15,17,29-30H,7,9-10H2,1H3,(H,26,27,31)/t14-,15+,17+/m0/s1. The van der Waals surface area contributed by atoms with Crippen LogP contribution in [-0.2, 0) is 9.53 Å². The average molecular weight is 483 g/mol. The fourth-order valence-corrected chi connectivity index (χ4v) is 4.52. The van der Waals surface area contributed by atoms with Crippen molar-refractivity contribution in [3.05, 3.63) is 47.7 Å². The van der Waals surface area contributed by atoms with Crippen LogP contribution in [0.15, 0.2) is 42.9 Å². The Morgan fingerprint density at radius 3 is 2.82 bits per heavy atom. The van der Waals surface area contributed by atoms with Gasteiger partial charge in [-0.25, -0.2) is 19.9 Å². The van der Waals surface area contributed by atoms with Crippen molar-refractivity contribution < 1.29 is 24.5 Å². The van der Waals surface area contributed by atoms with Crippen molar-refractivity contribution in [1.82, 2.24) is 24.5 Å². The van der Waals surface area contributed by atoms with E-state index in [0.717, 1.165) is 4.88 Å². The summed E-state index contributed by atoms with van der Waals surface area (Å²) >= 11 is 1.46. The molecule has 0 bridgehead atoms. The van der Waals surface area contributed by atoms with Gasteiger partial charge < -0.3 is 19.7 Å². The van der Waals surface area contributed by atoms with Crippen molar-refractivity contribution in [3.63, 3.8) is 0 Å². The summed E-state index contributed by atoms with van der Waals surface area (Å²) in [6.45, 7) is 1.37. The van der Waals surface area contributed by atoms with Gasteiger partial charge in [0.2, 0.25) is 5.95 Å². The molecule has 0 unspecified atom stereocenters. The van der Waals surface area contributed by atoms with E-state index in [1.165, 1.54) is 17.7 Å². The van der Waals surface area contributed by atoms with Gasteiger partial charge in [-0.15, -0.1) is 11.3 Å². The number of hydrogen-bond acceptors (Lipinski definition) is 10. The summed E-state index contributed by atoms with van der Waals surface area (Å²) in [5.74, 6) is 0.297. The van der Waals surface area contributed by atoms with Gasteiger partial charge in [0, 0.05) is 17.5 Å². The van der Waals surface area contributed by atoms with Crippen molar-refractivity contribution in [1.29, 1.82) is 0 Å². The number of thiazole rings is 1. The molecular formula is C22H22N6O5S. The van der Waals surface area contributed by atoms with E-state index in [2.05, 4.69) is 25.3 Å². The van der Waals surface area contributed by atoms with Crippen molar-refractivity contribution in [3.8, 4) is 16.5 Å². The van der Waals surface area contributed by atoms with Crippen LogP contribution < -0.4 is 10.1 Å². The summed E-state index contributed by atoms with van der Waals surface area (Å²) in [5.41, 5.74) is 1.37. The van der Waals surface area contributed by atoms with Gasteiger partial charge in [-0.1, -0.05) is 18.2 Å². The third-order valence-corrected chi connectivity index (χ3v) is 6.26. The molecule has 1 aromatic carbocycles. The van der Waals surface area contributed by atoms with Crippen LogP contribution in [0.2, 0.25) is 0 Å². The van der Waals surface area contributed by atoms with Gasteiger partial charge in [-0.2, -0.15) is 0 Å². The minimum absolute atomic E-state index is 0.169. The topological polar surface area (TPSA) is 145 Å². The Kier molecular flexibility index (Phi) is 6.20. The zero-order valence-corrected chi connectivity index (χ0v) is 19.0. The first-order chi connectivity index (χ1) is 16.5. The summed E-state index contributed by atoms with van der Waals surface area (Å²) in [7, 11) is 0. The van der Waals surface area contributed by atoms with Crippen molar-refractivity contribution >= 4 is 34.4 Å². The Bertz CT molecular complexity index is 1310. The molecule has 11 nitrogen and oxygen atoms in total. The minimum Gasteiger partial charge on any atom is -0.484 e. The summed E-state index contributed by atoms with van der Waals surface area (Å²) in [6.07, 6.45) is 0.997. The molecule has 0 aliphatic carbocycles. The number of rotatable bonds is 7. The molecule has 34 heavy (non-hydrogen) atoms. The van der Waals surface area contributed by atoms with Gasteiger partial charge in [-0.05, 0) is 19.1 Å². The predicted octanol–water partition coefficient (Wildman–Crippen LogP) is 1.92. The molecular weight excluding hydrogens is 460 g/mol. The van der Waals surface area contributed by atoms with Crippen LogP contribution in [0.5, 0.6) is 5.75 Å². The second-order valence-electron chi connectivity index (χ2n) is 7.74. The highest BCUT2D eigenvalue weighted by Crippen LogP contribution is 2.36. The number of amides is 1. The van der Waals surface area contributed by atoms with Crippen molar-refractivity contribution in [2.24, 2.45) is 0 Å². The Labute approximate surface area is 198 Å². The number of aliphatic hydroxyl groups is 2. The predicted molar refractivity (Wildman–Crippen MR) is 123 cm³/mol. The summed E-state index contributed by atoms with van der Waals surface area (Å²) in [5, 5.41) is 23.2. The molecule has 12 heteroatoms. The number of nitrogens with one attached hydrogen (secondary N) is 1. The van der Waals surface area contributed by atoms with Crippen LogP contribution >= 0.6 is 11.3 Å². The van der Waals surface area contributed by atoms with Gasteiger partial charge in [0.1, 0.15) is 40.6 Å². The third kappa shape index (κ3) is 4.35. The Morgan fingerprint density at radius 1 is 1.29 bits per heavy atom. The molecule has 4 heterocycles. The minimum atomic E-state index is -0.875. The van der Waals surface area contributed by atoms with E-state index < -0.39 is 24.3 Å². The maximum Gasteiger partial charge on any atom is 0.264 e. The molecule has 1 aliphatic rings. The maximum atomic E-state index is 12.7. The normalized spacial score (nSPS) is 20.0. The molecule has 1 saturated heterocycles. The number of imidazole rings is 1. The number of carbonyl (C=O) groups is 1. The fourth-order valence-electron chi connectivity index (χ4n) is 3.75. The van der Waals surface area contributed by atoms with Crippen LogP contribution in [0.3, 0.4) is 0 Å². The van der Waals surface area contributed by atoms with Crippen LogP contribution in [-0.4, -0.2) is 66.0 Å². The third-order valence-electron chi connectivity index (χ3n) is 5.34. The van der Waals surface area contributed by atoms with Gasteiger partial charge in [0.05, 0.1) is 12.7 Å². The first-order valence-electron chi connectivity index (χ1n) is 10.6. The molecule has 3 atom stereocenters. The van der Waals surface area contributed by atoms with Crippen LogP contribution in [0, 0.1) is 6.92 Å². The van der Waals surface area contributed by atoms with E-state index in [4.69, 9.17) is 9.47 Å². The number of anilines is 1. The molecule has 3 aromatic heterocycles. The summed E-state index contributed by atoms with van der Waals surface area (Å²) in [4.78, 5) is 31.5. The van der Waals surface area contributed by atoms with E-state index in [-0.39, 0.29) is 25.6 Å². The molecule has 0 radical (unpaired) electrons. The van der Waals surface area contributed by atoms with Gasteiger partial charge >= 0.3 is 0 Å². The second kappa shape index (κ2) is 9.43. The Balaban J connectivity index is 1.50. The van der Waals surface area contributed by atoms with E-state index in [1.807, 2.05) is 25.1 Å². The number of hydrogen-bond donors (Lipinski definition) is 3. The molecule has 1 amide bonds.